The lowest BCUT2D eigenvalue weighted by Gasteiger charge is -2.63. The van der Waals surface area contributed by atoms with Gasteiger partial charge in [-0.1, -0.05) is 6.42 Å². The van der Waals surface area contributed by atoms with Crippen molar-refractivity contribution in [1.82, 2.24) is 10.2 Å². The molecule has 25 heavy (non-hydrogen) atoms. The lowest BCUT2D eigenvalue weighted by molar-refractivity contribution is -0.178. The molecule has 3 atom stereocenters. The van der Waals surface area contributed by atoms with Crippen molar-refractivity contribution >= 4 is 12.0 Å². The molecule has 0 aromatic rings. The minimum atomic E-state index is -0.491. The summed E-state index contributed by atoms with van der Waals surface area (Å²) in [6.45, 7) is 7.34. The van der Waals surface area contributed by atoms with Crippen molar-refractivity contribution in [2.75, 3.05) is 19.7 Å². The third kappa shape index (κ3) is 2.84. The molecule has 0 radical (unpaired) electrons. The van der Waals surface area contributed by atoms with Gasteiger partial charge in [0, 0.05) is 43.1 Å². The van der Waals surface area contributed by atoms with Gasteiger partial charge in [0.15, 0.2) is 0 Å². The Hall–Kier alpha value is -1.56. The third-order valence-corrected chi connectivity index (χ3v) is 6.11. The summed E-state index contributed by atoms with van der Waals surface area (Å²) in [6, 6.07) is 0.264. The minimum absolute atomic E-state index is 0.0273. The fourth-order valence-electron chi connectivity index (χ4n) is 4.83. The van der Waals surface area contributed by atoms with Crippen LogP contribution in [0.25, 0.3) is 0 Å². The molecule has 6 heteroatoms. The average Bonchev–Trinajstić information content (AvgIpc) is 2.81. The molecule has 4 rings (SSSR count). The zero-order chi connectivity index (χ0) is 17.8. The van der Waals surface area contributed by atoms with Crippen LogP contribution in [0.15, 0.2) is 11.6 Å². The maximum atomic E-state index is 12.4. The van der Waals surface area contributed by atoms with Crippen LogP contribution in [-0.4, -0.2) is 54.3 Å². The second-order valence-corrected chi connectivity index (χ2v) is 8.96. The first-order valence-corrected chi connectivity index (χ1v) is 9.38. The minimum Gasteiger partial charge on any atom is -0.444 e. The summed E-state index contributed by atoms with van der Waals surface area (Å²) < 4.78 is 11.2. The van der Waals surface area contributed by atoms with Gasteiger partial charge in [0.1, 0.15) is 5.60 Å². The van der Waals surface area contributed by atoms with Gasteiger partial charge in [-0.05, 0) is 45.6 Å². The maximum absolute atomic E-state index is 12.4. The fourth-order valence-corrected chi connectivity index (χ4v) is 4.83. The van der Waals surface area contributed by atoms with Crippen molar-refractivity contribution < 1.29 is 19.1 Å². The molecular formula is C19H28N2O4. The summed E-state index contributed by atoms with van der Waals surface area (Å²) in [4.78, 5) is 25.9. The highest BCUT2D eigenvalue weighted by molar-refractivity contribution is 5.89. The third-order valence-electron chi connectivity index (χ3n) is 6.11. The van der Waals surface area contributed by atoms with Crippen LogP contribution in [0.4, 0.5) is 4.79 Å². The second-order valence-electron chi connectivity index (χ2n) is 8.96. The van der Waals surface area contributed by atoms with Crippen molar-refractivity contribution in [3.8, 4) is 0 Å². The predicted octanol–water partition coefficient (Wildman–Crippen LogP) is 2.24. The van der Waals surface area contributed by atoms with Gasteiger partial charge in [-0.3, -0.25) is 4.79 Å². The Bertz CT molecular complexity index is 609. The van der Waals surface area contributed by atoms with Crippen molar-refractivity contribution in [1.29, 1.82) is 0 Å². The summed E-state index contributed by atoms with van der Waals surface area (Å²) in [7, 11) is 0. The topological polar surface area (TPSA) is 67.9 Å². The summed E-state index contributed by atoms with van der Waals surface area (Å²) in [5.74, 6) is 0.461. The number of carbonyl (C=O) groups excluding carboxylic acids is 2. The number of nitrogens with one attached hydrogen (secondary N) is 1. The number of hydrogen-bond donors (Lipinski definition) is 1. The SMILES string of the molecule is CC(C)(C)OC(=O)N1CC(=CC(=O)NC2C3CCOC3C23CCC3)C1. The summed E-state index contributed by atoms with van der Waals surface area (Å²) >= 11 is 0. The van der Waals surface area contributed by atoms with E-state index in [1.807, 2.05) is 20.8 Å². The van der Waals surface area contributed by atoms with Crippen LogP contribution < -0.4 is 5.32 Å². The molecule has 6 nitrogen and oxygen atoms in total. The van der Waals surface area contributed by atoms with Crippen LogP contribution in [0.2, 0.25) is 0 Å². The highest BCUT2D eigenvalue weighted by Crippen LogP contribution is 2.62. The van der Waals surface area contributed by atoms with Gasteiger partial charge in [-0.2, -0.15) is 0 Å². The normalized spacial score (nSPS) is 32.2. The smallest absolute Gasteiger partial charge is 0.410 e. The summed E-state index contributed by atoms with van der Waals surface area (Å²) in [6.07, 6.45) is 6.35. The van der Waals surface area contributed by atoms with Crippen LogP contribution >= 0.6 is 0 Å². The van der Waals surface area contributed by atoms with E-state index in [0.29, 0.717) is 25.1 Å². The standard InChI is InChI=1S/C19H28N2O4/c1-18(2,3)25-17(23)21-10-12(11-21)9-14(22)20-15-13-5-8-24-16(13)19(15)6-4-7-19/h9,13,15-16H,4-8,10-11H2,1-3H3,(H,20,22). The molecule has 0 aromatic carbocycles. The average molecular weight is 348 g/mol. The second kappa shape index (κ2) is 5.73. The molecule has 3 unspecified atom stereocenters. The number of likely N-dealkylation sites (tertiary alicyclic amines) is 1. The van der Waals surface area contributed by atoms with Crippen molar-refractivity contribution in [3.05, 3.63) is 11.6 Å². The molecule has 2 amide bonds. The number of nitrogens with zero attached hydrogens (tertiary/aromatic N) is 1. The first-order valence-electron chi connectivity index (χ1n) is 9.38. The number of ether oxygens (including phenoxy) is 2. The van der Waals surface area contributed by atoms with E-state index in [2.05, 4.69) is 5.32 Å². The van der Waals surface area contributed by atoms with E-state index in [-0.39, 0.29) is 23.5 Å². The maximum Gasteiger partial charge on any atom is 0.410 e. The van der Waals surface area contributed by atoms with Crippen LogP contribution in [0.3, 0.4) is 0 Å². The summed E-state index contributed by atoms with van der Waals surface area (Å²) in [5.41, 5.74) is 0.691. The Morgan fingerprint density at radius 3 is 2.64 bits per heavy atom. The van der Waals surface area contributed by atoms with E-state index in [0.717, 1.165) is 18.6 Å². The number of hydrogen-bond acceptors (Lipinski definition) is 4. The Kier molecular flexibility index (Phi) is 3.87. The number of carbonyl (C=O) groups is 2. The number of amides is 2. The molecule has 4 aliphatic rings. The lowest BCUT2D eigenvalue weighted by Crippen LogP contribution is -2.71. The van der Waals surface area contributed by atoms with Gasteiger partial charge in [0.05, 0.1) is 6.10 Å². The van der Waals surface area contributed by atoms with Gasteiger partial charge in [-0.25, -0.2) is 4.79 Å². The summed E-state index contributed by atoms with van der Waals surface area (Å²) in [5, 5.41) is 3.23. The van der Waals surface area contributed by atoms with Gasteiger partial charge in [0.25, 0.3) is 0 Å². The molecule has 138 valence electrons. The van der Waals surface area contributed by atoms with Crippen LogP contribution in [0.1, 0.15) is 46.5 Å². The first-order chi connectivity index (χ1) is 11.8. The zero-order valence-corrected chi connectivity index (χ0v) is 15.3. The van der Waals surface area contributed by atoms with Crippen molar-refractivity contribution in [2.45, 2.75) is 64.2 Å². The van der Waals surface area contributed by atoms with E-state index in [9.17, 15) is 9.59 Å². The van der Waals surface area contributed by atoms with Crippen LogP contribution in [0.5, 0.6) is 0 Å². The van der Waals surface area contributed by atoms with Crippen molar-refractivity contribution in [2.24, 2.45) is 11.3 Å². The van der Waals surface area contributed by atoms with Crippen LogP contribution in [0, 0.1) is 11.3 Å². The predicted molar refractivity (Wildman–Crippen MR) is 92.0 cm³/mol. The van der Waals surface area contributed by atoms with Crippen LogP contribution in [-0.2, 0) is 14.3 Å². The molecule has 2 aliphatic heterocycles. The number of rotatable bonds is 2. The van der Waals surface area contributed by atoms with E-state index >= 15 is 0 Å². The number of fused-ring (bicyclic) bond motifs is 2. The lowest BCUT2D eigenvalue weighted by atomic mass is 9.46. The van der Waals surface area contributed by atoms with Gasteiger partial charge in [0.2, 0.25) is 5.91 Å². The Balaban J connectivity index is 1.29. The van der Waals surface area contributed by atoms with E-state index in [1.165, 1.54) is 19.3 Å². The van der Waals surface area contributed by atoms with Crippen molar-refractivity contribution in [3.63, 3.8) is 0 Å². The molecule has 0 bridgehead atoms. The molecule has 2 saturated heterocycles. The Morgan fingerprint density at radius 2 is 2.04 bits per heavy atom. The molecular weight excluding hydrogens is 320 g/mol. The highest BCUT2D eigenvalue weighted by Gasteiger charge is 2.66. The van der Waals surface area contributed by atoms with E-state index in [4.69, 9.17) is 9.47 Å². The molecule has 2 heterocycles. The quantitative estimate of drug-likeness (QED) is 0.777. The Labute approximate surface area is 148 Å². The van der Waals surface area contributed by atoms with E-state index in [1.54, 1.807) is 11.0 Å². The van der Waals surface area contributed by atoms with Gasteiger partial charge >= 0.3 is 6.09 Å². The molecule has 4 fully saturated rings. The molecule has 1 N–H and O–H groups in total. The van der Waals surface area contributed by atoms with Gasteiger partial charge in [-0.15, -0.1) is 0 Å². The monoisotopic (exact) mass is 348 g/mol. The molecule has 1 spiro atoms. The highest BCUT2D eigenvalue weighted by atomic mass is 16.6. The molecule has 2 aliphatic carbocycles. The Morgan fingerprint density at radius 1 is 1.32 bits per heavy atom. The van der Waals surface area contributed by atoms with Gasteiger partial charge < -0.3 is 19.7 Å². The van der Waals surface area contributed by atoms with E-state index < -0.39 is 5.60 Å². The molecule has 0 aromatic heterocycles. The molecule has 2 saturated carbocycles. The fraction of sp³-hybridized carbons (Fsp3) is 0.789. The largest absolute Gasteiger partial charge is 0.444 e. The first kappa shape index (κ1) is 16.9. The zero-order valence-electron chi connectivity index (χ0n) is 15.3.